The lowest BCUT2D eigenvalue weighted by atomic mass is 10.1. The monoisotopic (exact) mass is 266 g/mol. The fourth-order valence-corrected chi connectivity index (χ4v) is 1.46. The van der Waals surface area contributed by atoms with Crippen molar-refractivity contribution >= 4 is 17.8 Å². The van der Waals surface area contributed by atoms with Gasteiger partial charge in [-0.3, -0.25) is 9.59 Å². The van der Waals surface area contributed by atoms with Crippen LogP contribution in [0.25, 0.3) is 0 Å². The van der Waals surface area contributed by atoms with E-state index < -0.39 is 36.4 Å². The second kappa shape index (κ2) is 6.50. The number of hydrogen-bond donors (Lipinski definition) is 4. The molecule has 1 aromatic rings. The van der Waals surface area contributed by atoms with Gasteiger partial charge in [0.1, 0.15) is 0 Å². The van der Waals surface area contributed by atoms with E-state index >= 15 is 0 Å². The zero-order valence-corrected chi connectivity index (χ0v) is 9.95. The summed E-state index contributed by atoms with van der Waals surface area (Å²) in [6.07, 6.45) is -0.563. The minimum atomic E-state index is -1.29. The van der Waals surface area contributed by atoms with E-state index in [0.717, 1.165) is 0 Å². The smallest absolute Gasteiger partial charge is 0.330 e. The Balaban J connectivity index is 2.78. The van der Waals surface area contributed by atoms with Gasteiger partial charge < -0.3 is 21.3 Å². The van der Waals surface area contributed by atoms with Crippen molar-refractivity contribution in [2.75, 3.05) is 0 Å². The van der Waals surface area contributed by atoms with Crippen LogP contribution in [0.5, 0.6) is 0 Å². The molecule has 2 atom stereocenters. The Kier molecular flexibility index (Phi) is 5.01. The van der Waals surface area contributed by atoms with E-state index in [1.165, 1.54) is 0 Å². The first-order valence-electron chi connectivity index (χ1n) is 5.47. The molecule has 1 aromatic carbocycles. The molecule has 1 unspecified atom stereocenters. The van der Waals surface area contributed by atoms with Gasteiger partial charge in [-0.25, -0.2) is 4.79 Å². The molecule has 0 aliphatic carbocycles. The summed E-state index contributed by atoms with van der Waals surface area (Å²) >= 11 is 0. The normalized spacial score (nSPS) is 13.3. The molecule has 19 heavy (non-hydrogen) atoms. The highest BCUT2D eigenvalue weighted by atomic mass is 16.4. The van der Waals surface area contributed by atoms with E-state index in [1.54, 1.807) is 30.3 Å². The average Bonchev–Trinajstić information content (AvgIpc) is 2.35. The molecular weight excluding hydrogens is 252 g/mol. The Morgan fingerprint density at radius 2 is 1.74 bits per heavy atom. The van der Waals surface area contributed by atoms with Crippen molar-refractivity contribution in [1.29, 1.82) is 0 Å². The Morgan fingerprint density at radius 3 is 2.21 bits per heavy atom. The van der Waals surface area contributed by atoms with Crippen molar-refractivity contribution in [3.63, 3.8) is 0 Å². The van der Waals surface area contributed by atoms with Gasteiger partial charge in [0.25, 0.3) is 0 Å². The molecule has 0 heterocycles. The third kappa shape index (κ3) is 4.40. The zero-order chi connectivity index (χ0) is 14.4. The maximum absolute atomic E-state index is 11.6. The van der Waals surface area contributed by atoms with Crippen LogP contribution >= 0.6 is 0 Å². The largest absolute Gasteiger partial charge is 0.481 e. The number of carbonyl (C=O) groups is 3. The van der Waals surface area contributed by atoms with Crippen molar-refractivity contribution in [2.24, 2.45) is 5.73 Å². The van der Waals surface area contributed by atoms with E-state index in [2.05, 4.69) is 5.32 Å². The van der Waals surface area contributed by atoms with Gasteiger partial charge in [0.2, 0.25) is 5.91 Å². The second-order valence-electron chi connectivity index (χ2n) is 3.89. The van der Waals surface area contributed by atoms with Crippen LogP contribution in [0, 0.1) is 0 Å². The Morgan fingerprint density at radius 1 is 1.16 bits per heavy atom. The van der Waals surface area contributed by atoms with E-state index in [4.69, 9.17) is 15.9 Å². The fraction of sp³-hybridized carbons (Fsp3) is 0.250. The van der Waals surface area contributed by atoms with Crippen LogP contribution in [0.2, 0.25) is 0 Å². The minimum absolute atomic E-state index is 0.380. The Bertz CT molecular complexity index is 474. The van der Waals surface area contributed by atoms with Gasteiger partial charge in [-0.2, -0.15) is 0 Å². The highest BCUT2D eigenvalue weighted by Gasteiger charge is 2.25. The summed E-state index contributed by atoms with van der Waals surface area (Å²) in [4.78, 5) is 33.1. The average molecular weight is 266 g/mol. The Labute approximate surface area is 109 Å². The molecule has 7 heteroatoms. The molecule has 0 fully saturated rings. The molecule has 0 saturated carbocycles. The van der Waals surface area contributed by atoms with Gasteiger partial charge >= 0.3 is 11.9 Å². The van der Waals surface area contributed by atoms with Crippen molar-refractivity contribution < 1.29 is 24.6 Å². The molecule has 0 bridgehead atoms. The minimum Gasteiger partial charge on any atom is -0.481 e. The summed E-state index contributed by atoms with van der Waals surface area (Å²) in [7, 11) is 0. The molecule has 0 aliphatic rings. The van der Waals surface area contributed by atoms with E-state index in [-0.39, 0.29) is 0 Å². The standard InChI is InChI=1S/C12H14N2O5/c13-8(6-9(15)16)11(17)14-10(12(18)19)7-4-2-1-3-5-7/h1-5,8,10H,6,13H2,(H,14,17)(H,15,16)(H,18,19)/t8?,10-/m1/s1. The van der Waals surface area contributed by atoms with Crippen LogP contribution in [0.15, 0.2) is 30.3 Å². The van der Waals surface area contributed by atoms with E-state index in [0.29, 0.717) is 5.56 Å². The molecule has 0 radical (unpaired) electrons. The topological polar surface area (TPSA) is 130 Å². The van der Waals surface area contributed by atoms with Gasteiger partial charge in [-0.15, -0.1) is 0 Å². The number of carboxylic acid groups (broad SMARTS) is 2. The highest BCUT2D eigenvalue weighted by molar-refractivity contribution is 5.89. The van der Waals surface area contributed by atoms with Crippen LogP contribution in [-0.2, 0) is 14.4 Å². The zero-order valence-electron chi connectivity index (χ0n) is 9.95. The molecule has 102 valence electrons. The van der Waals surface area contributed by atoms with E-state index in [9.17, 15) is 14.4 Å². The van der Waals surface area contributed by atoms with Gasteiger partial charge in [0, 0.05) is 0 Å². The third-order valence-corrected chi connectivity index (χ3v) is 2.40. The van der Waals surface area contributed by atoms with Gasteiger partial charge in [-0.05, 0) is 5.56 Å². The molecule has 1 rings (SSSR count). The number of rotatable bonds is 6. The van der Waals surface area contributed by atoms with Gasteiger partial charge in [0.05, 0.1) is 12.5 Å². The lowest BCUT2D eigenvalue weighted by Crippen LogP contribution is -2.45. The molecule has 0 aliphatic heterocycles. The summed E-state index contributed by atoms with van der Waals surface area (Å²) in [5.74, 6) is -3.30. The number of nitrogens with one attached hydrogen (secondary N) is 1. The fourth-order valence-electron chi connectivity index (χ4n) is 1.46. The quantitative estimate of drug-likeness (QED) is 0.560. The third-order valence-electron chi connectivity index (χ3n) is 2.40. The van der Waals surface area contributed by atoms with Gasteiger partial charge in [-0.1, -0.05) is 30.3 Å². The van der Waals surface area contributed by atoms with Gasteiger partial charge in [0.15, 0.2) is 6.04 Å². The SMILES string of the molecule is NC(CC(=O)O)C(=O)N[C@@H](C(=O)O)c1ccccc1. The second-order valence-corrected chi connectivity index (χ2v) is 3.89. The maximum atomic E-state index is 11.6. The van der Waals surface area contributed by atoms with Crippen molar-refractivity contribution in [3.8, 4) is 0 Å². The van der Waals surface area contributed by atoms with Crippen LogP contribution in [0.4, 0.5) is 0 Å². The molecule has 0 aromatic heterocycles. The molecule has 0 saturated heterocycles. The number of amides is 1. The van der Waals surface area contributed by atoms with Crippen molar-refractivity contribution in [3.05, 3.63) is 35.9 Å². The van der Waals surface area contributed by atoms with E-state index in [1.807, 2.05) is 0 Å². The number of benzene rings is 1. The van der Waals surface area contributed by atoms with Crippen LogP contribution in [0.3, 0.4) is 0 Å². The maximum Gasteiger partial charge on any atom is 0.330 e. The van der Waals surface area contributed by atoms with Crippen LogP contribution < -0.4 is 11.1 Å². The summed E-state index contributed by atoms with van der Waals surface area (Å²) in [5, 5.41) is 19.8. The first-order valence-corrected chi connectivity index (χ1v) is 5.47. The highest BCUT2D eigenvalue weighted by Crippen LogP contribution is 2.12. The van der Waals surface area contributed by atoms with Crippen LogP contribution in [0.1, 0.15) is 18.0 Å². The van der Waals surface area contributed by atoms with Crippen molar-refractivity contribution in [2.45, 2.75) is 18.5 Å². The lowest BCUT2D eigenvalue weighted by Gasteiger charge is -2.17. The number of carboxylic acids is 2. The Hall–Kier alpha value is -2.41. The lowest BCUT2D eigenvalue weighted by molar-refractivity contribution is -0.142. The van der Waals surface area contributed by atoms with Crippen molar-refractivity contribution in [1.82, 2.24) is 5.32 Å². The number of carbonyl (C=O) groups excluding carboxylic acids is 1. The molecule has 5 N–H and O–H groups in total. The summed E-state index contributed by atoms with van der Waals surface area (Å²) in [6.45, 7) is 0. The summed E-state index contributed by atoms with van der Waals surface area (Å²) in [5.41, 5.74) is 5.74. The molecule has 1 amide bonds. The number of hydrogen-bond acceptors (Lipinski definition) is 4. The predicted molar refractivity (Wildman–Crippen MR) is 65.2 cm³/mol. The number of aliphatic carboxylic acids is 2. The molecule has 0 spiro atoms. The predicted octanol–water partition coefficient (Wildman–Crippen LogP) is -0.269. The van der Waals surface area contributed by atoms with Crippen LogP contribution in [-0.4, -0.2) is 34.1 Å². The summed E-state index contributed by atoms with van der Waals surface area (Å²) < 4.78 is 0. The first kappa shape index (κ1) is 14.7. The number of nitrogens with two attached hydrogens (primary N) is 1. The summed E-state index contributed by atoms with van der Waals surface area (Å²) in [6, 6.07) is 5.52. The molecule has 7 nitrogen and oxygen atoms in total. The first-order chi connectivity index (χ1) is 8.91. The molecular formula is C12H14N2O5.